The van der Waals surface area contributed by atoms with Crippen LogP contribution in [-0.2, 0) is 4.79 Å². The molecular weight excluding hydrogens is 232 g/mol. The molecule has 0 saturated heterocycles. The Morgan fingerprint density at radius 2 is 2.00 bits per heavy atom. The summed E-state index contributed by atoms with van der Waals surface area (Å²) >= 11 is 4.87. The zero-order valence-corrected chi connectivity index (χ0v) is 10.6. The van der Waals surface area contributed by atoms with Gasteiger partial charge in [0.25, 0.3) is 0 Å². The molecule has 1 aliphatic carbocycles. The Morgan fingerprint density at radius 1 is 1.41 bits per heavy atom. The number of nitrogens with two attached hydrogens (primary N) is 1. The molecule has 0 bridgehead atoms. The van der Waals surface area contributed by atoms with Crippen LogP contribution in [0.4, 0.5) is 5.69 Å². The van der Waals surface area contributed by atoms with E-state index in [2.05, 4.69) is 5.32 Å². The fourth-order valence-electron chi connectivity index (χ4n) is 1.78. The molecule has 1 aliphatic rings. The summed E-state index contributed by atoms with van der Waals surface area (Å²) in [5.41, 5.74) is 7.11. The van der Waals surface area contributed by atoms with Crippen LogP contribution >= 0.6 is 12.2 Å². The molecule has 1 aromatic carbocycles. The van der Waals surface area contributed by atoms with Crippen molar-refractivity contribution in [2.75, 3.05) is 5.32 Å². The zero-order chi connectivity index (χ0) is 12.4. The molecule has 1 saturated carbocycles. The third kappa shape index (κ3) is 3.03. The number of benzene rings is 1. The first-order valence-corrected chi connectivity index (χ1v) is 6.19. The molecule has 1 fully saturated rings. The largest absolute Gasteiger partial charge is 0.389 e. The Kier molecular flexibility index (Phi) is 3.43. The van der Waals surface area contributed by atoms with Gasteiger partial charge in [0.1, 0.15) is 4.99 Å². The lowest BCUT2D eigenvalue weighted by molar-refractivity contribution is -0.119. The van der Waals surface area contributed by atoms with Crippen molar-refractivity contribution >= 4 is 28.8 Å². The van der Waals surface area contributed by atoms with Crippen LogP contribution in [0.3, 0.4) is 0 Å². The van der Waals surface area contributed by atoms with Gasteiger partial charge in [-0.3, -0.25) is 4.79 Å². The Balaban J connectivity index is 1.98. The van der Waals surface area contributed by atoms with Crippen LogP contribution in [0.15, 0.2) is 24.3 Å². The van der Waals surface area contributed by atoms with Crippen molar-refractivity contribution in [2.45, 2.75) is 19.8 Å². The first-order chi connectivity index (χ1) is 8.08. The van der Waals surface area contributed by atoms with E-state index in [1.165, 1.54) is 12.8 Å². The monoisotopic (exact) mass is 248 g/mol. The maximum Gasteiger partial charge on any atom is 0.227 e. The van der Waals surface area contributed by atoms with Crippen LogP contribution in [0.2, 0.25) is 0 Å². The minimum absolute atomic E-state index is 0.0931. The van der Waals surface area contributed by atoms with E-state index in [1.54, 1.807) is 0 Å². The van der Waals surface area contributed by atoms with Gasteiger partial charge in [-0.25, -0.2) is 0 Å². The van der Waals surface area contributed by atoms with Gasteiger partial charge < -0.3 is 11.1 Å². The van der Waals surface area contributed by atoms with E-state index in [0.717, 1.165) is 11.3 Å². The molecule has 0 aromatic heterocycles. The first kappa shape index (κ1) is 12.0. The number of hydrogen-bond donors (Lipinski definition) is 2. The second-order valence-corrected chi connectivity index (χ2v) is 5.00. The zero-order valence-electron chi connectivity index (χ0n) is 9.77. The van der Waals surface area contributed by atoms with Gasteiger partial charge in [0.2, 0.25) is 5.91 Å². The highest BCUT2D eigenvalue weighted by atomic mass is 32.1. The van der Waals surface area contributed by atoms with Crippen LogP contribution < -0.4 is 11.1 Å². The van der Waals surface area contributed by atoms with Crippen LogP contribution in [0.1, 0.15) is 25.3 Å². The number of anilines is 1. The van der Waals surface area contributed by atoms with Crippen molar-refractivity contribution in [2.24, 2.45) is 17.6 Å². The molecule has 1 aromatic rings. The second-order valence-electron chi connectivity index (χ2n) is 4.56. The summed E-state index contributed by atoms with van der Waals surface area (Å²) in [6.07, 6.45) is 2.35. The second kappa shape index (κ2) is 4.84. The standard InChI is InChI=1S/C13H16N2OS/c1-8(9-2-3-9)13(16)15-11-6-4-10(5-7-11)12(14)17/h4-9H,2-3H2,1H3,(H2,14,17)(H,15,16). The minimum Gasteiger partial charge on any atom is -0.389 e. The summed E-state index contributed by atoms with van der Waals surface area (Å²) in [6, 6.07) is 7.29. The molecule has 90 valence electrons. The van der Waals surface area contributed by atoms with E-state index in [9.17, 15) is 4.79 Å². The number of amides is 1. The van der Waals surface area contributed by atoms with Crippen molar-refractivity contribution in [1.82, 2.24) is 0 Å². The lowest BCUT2D eigenvalue weighted by atomic mass is 10.1. The molecule has 1 unspecified atom stereocenters. The molecule has 0 heterocycles. The molecule has 1 atom stereocenters. The normalized spacial score (nSPS) is 16.3. The molecular formula is C13H16N2OS. The predicted octanol–water partition coefficient (Wildman–Crippen LogP) is 2.31. The van der Waals surface area contributed by atoms with Crippen LogP contribution in [-0.4, -0.2) is 10.9 Å². The number of carbonyl (C=O) groups is 1. The lowest BCUT2D eigenvalue weighted by Gasteiger charge is -2.11. The summed E-state index contributed by atoms with van der Waals surface area (Å²) in [7, 11) is 0. The highest BCUT2D eigenvalue weighted by Crippen LogP contribution is 2.37. The van der Waals surface area contributed by atoms with E-state index in [0.29, 0.717) is 10.9 Å². The molecule has 3 N–H and O–H groups in total. The average Bonchev–Trinajstić information content (AvgIpc) is 3.12. The first-order valence-electron chi connectivity index (χ1n) is 5.78. The molecule has 1 amide bonds. The van der Waals surface area contributed by atoms with E-state index in [-0.39, 0.29) is 11.8 Å². The van der Waals surface area contributed by atoms with Gasteiger partial charge in [-0.2, -0.15) is 0 Å². The molecule has 0 radical (unpaired) electrons. The number of thiocarbonyl (C=S) groups is 1. The Bertz CT molecular complexity index is 437. The molecule has 4 heteroatoms. The summed E-state index contributed by atoms with van der Waals surface area (Å²) in [5.74, 6) is 0.770. The molecule has 3 nitrogen and oxygen atoms in total. The van der Waals surface area contributed by atoms with E-state index >= 15 is 0 Å². The highest BCUT2D eigenvalue weighted by Gasteiger charge is 2.32. The SMILES string of the molecule is CC(C(=O)Nc1ccc(C(N)=S)cc1)C1CC1. The molecule has 2 rings (SSSR count). The minimum atomic E-state index is 0.0931. The van der Waals surface area contributed by atoms with Crippen LogP contribution in [0, 0.1) is 11.8 Å². The number of nitrogens with one attached hydrogen (secondary N) is 1. The summed E-state index contributed by atoms with van der Waals surface area (Å²) in [5, 5.41) is 2.91. The van der Waals surface area contributed by atoms with Crippen molar-refractivity contribution in [3.8, 4) is 0 Å². The fourth-order valence-corrected chi connectivity index (χ4v) is 1.92. The lowest BCUT2D eigenvalue weighted by Crippen LogP contribution is -2.21. The van der Waals surface area contributed by atoms with E-state index in [1.807, 2.05) is 31.2 Å². The summed E-state index contributed by atoms with van der Waals surface area (Å²) in [6.45, 7) is 1.98. The van der Waals surface area contributed by atoms with Crippen LogP contribution in [0.25, 0.3) is 0 Å². The third-order valence-corrected chi connectivity index (χ3v) is 3.42. The Labute approximate surface area is 106 Å². The van der Waals surface area contributed by atoms with Gasteiger partial charge in [0.15, 0.2) is 0 Å². The summed E-state index contributed by atoms with van der Waals surface area (Å²) < 4.78 is 0. The van der Waals surface area contributed by atoms with Gasteiger partial charge in [-0.05, 0) is 43.0 Å². The van der Waals surface area contributed by atoms with Gasteiger partial charge >= 0.3 is 0 Å². The number of carbonyl (C=O) groups excluding carboxylic acids is 1. The van der Waals surface area contributed by atoms with Gasteiger partial charge in [0.05, 0.1) is 0 Å². The predicted molar refractivity (Wildman–Crippen MR) is 72.8 cm³/mol. The summed E-state index contributed by atoms with van der Waals surface area (Å²) in [4.78, 5) is 12.2. The maximum atomic E-state index is 11.9. The van der Waals surface area contributed by atoms with Crippen molar-refractivity contribution in [3.63, 3.8) is 0 Å². The van der Waals surface area contributed by atoms with Crippen molar-refractivity contribution in [1.29, 1.82) is 0 Å². The number of hydrogen-bond acceptors (Lipinski definition) is 2. The molecule has 0 aliphatic heterocycles. The van der Waals surface area contributed by atoms with Crippen LogP contribution in [0.5, 0.6) is 0 Å². The molecule has 0 spiro atoms. The third-order valence-electron chi connectivity index (χ3n) is 3.18. The van der Waals surface area contributed by atoms with Gasteiger partial charge in [-0.15, -0.1) is 0 Å². The quantitative estimate of drug-likeness (QED) is 0.804. The number of rotatable bonds is 4. The van der Waals surface area contributed by atoms with Crippen molar-refractivity contribution in [3.05, 3.63) is 29.8 Å². The average molecular weight is 248 g/mol. The smallest absolute Gasteiger partial charge is 0.227 e. The fraction of sp³-hybridized carbons (Fsp3) is 0.385. The van der Waals surface area contributed by atoms with Gasteiger partial charge in [-0.1, -0.05) is 19.1 Å². The van der Waals surface area contributed by atoms with Gasteiger partial charge in [0, 0.05) is 17.2 Å². The van der Waals surface area contributed by atoms with E-state index < -0.39 is 0 Å². The highest BCUT2D eigenvalue weighted by molar-refractivity contribution is 7.80. The Hall–Kier alpha value is -1.42. The van der Waals surface area contributed by atoms with Crippen molar-refractivity contribution < 1.29 is 4.79 Å². The van der Waals surface area contributed by atoms with E-state index in [4.69, 9.17) is 18.0 Å². The Morgan fingerprint density at radius 3 is 2.47 bits per heavy atom. The topological polar surface area (TPSA) is 55.1 Å². The molecule has 17 heavy (non-hydrogen) atoms. The maximum absolute atomic E-state index is 11.9.